The van der Waals surface area contributed by atoms with Crippen LogP contribution in [-0.4, -0.2) is 33.2 Å². The Morgan fingerprint density at radius 3 is 2.28 bits per heavy atom. The van der Waals surface area contributed by atoms with Gasteiger partial charge in [-0.3, -0.25) is 9.10 Å². The van der Waals surface area contributed by atoms with E-state index in [1.807, 2.05) is 44.2 Å². The van der Waals surface area contributed by atoms with E-state index < -0.39 is 16.1 Å². The van der Waals surface area contributed by atoms with Crippen LogP contribution < -0.4 is 14.4 Å². The Kier molecular flexibility index (Phi) is 5.38. The van der Waals surface area contributed by atoms with E-state index in [-0.39, 0.29) is 17.9 Å². The largest absolute Gasteiger partial charge is 0.476 e. The van der Waals surface area contributed by atoms with Gasteiger partial charge in [0.1, 0.15) is 5.75 Å². The van der Waals surface area contributed by atoms with Gasteiger partial charge in [0.25, 0.3) is 5.91 Å². The first kappa shape index (κ1) is 21.2. The summed E-state index contributed by atoms with van der Waals surface area (Å²) in [5.41, 5.74) is 4.04. The van der Waals surface area contributed by atoms with Crippen LogP contribution in [0.5, 0.6) is 5.75 Å². The van der Waals surface area contributed by atoms with Crippen LogP contribution in [0, 0.1) is 13.8 Å². The molecule has 3 rings (SSSR count). The van der Waals surface area contributed by atoms with Gasteiger partial charge >= 0.3 is 0 Å². The summed E-state index contributed by atoms with van der Waals surface area (Å²) in [6, 6.07) is 11.2. The summed E-state index contributed by atoms with van der Waals surface area (Å²) >= 11 is 0. The van der Waals surface area contributed by atoms with Crippen molar-refractivity contribution < 1.29 is 17.9 Å². The van der Waals surface area contributed by atoms with Crippen molar-refractivity contribution in [3.05, 3.63) is 53.1 Å². The van der Waals surface area contributed by atoms with Crippen LogP contribution in [0.4, 0.5) is 11.4 Å². The minimum Gasteiger partial charge on any atom is -0.476 e. The number of nitrogens with one attached hydrogen (secondary N) is 1. The van der Waals surface area contributed by atoms with Gasteiger partial charge in [-0.2, -0.15) is 0 Å². The summed E-state index contributed by atoms with van der Waals surface area (Å²) in [7, 11) is -3.58. The van der Waals surface area contributed by atoms with E-state index in [0.717, 1.165) is 22.9 Å². The number of amides is 1. The number of carbonyl (C=O) groups is 1. The first-order valence-electron chi connectivity index (χ1n) is 9.52. The number of fused-ring (bicyclic) bond motifs is 1. The monoisotopic (exact) mass is 416 g/mol. The van der Waals surface area contributed by atoms with Crippen molar-refractivity contribution in [1.29, 1.82) is 0 Å². The molecule has 2 aromatic carbocycles. The highest BCUT2D eigenvalue weighted by atomic mass is 32.2. The third-order valence-electron chi connectivity index (χ3n) is 4.88. The van der Waals surface area contributed by atoms with Crippen molar-refractivity contribution in [1.82, 2.24) is 0 Å². The number of benzene rings is 2. The minimum atomic E-state index is -3.58. The third-order valence-corrected chi connectivity index (χ3v) is 6.02. The molecule has 0 radical (unpaired) electrons. The van der Waals surface area contributed by atoms with Crippen molar-refractivity contribution in [2.45, 2.75) is 46.1 Å². The fourth-order valence-corrected chi connectivity index (χ4v) is 4.34. The molecule has 156 valence electrons. The van der Waals surface area contributed by atoms with E-state index in [1.165, 1.54) is 4.31 Å². The van der Waals surface area contributed by atoms with Crippen LogP contribution in [-0.2, 0) is 20.2 Å². The molecule has 1 heterocycles. The maximum absolute atomic E-state index is 12.8. The van der Waals surface area contributed by atoms with Gasteiger partial charge in [-0.05, 0) is 60.2 Å². The van der Waals surface area contributed by atoms with Gasteiger partial charge in [0.2, 0.25) is 10.0 Å². The van der Waals surface area contributed by atoms with Gasteiger partial charge in [-0.25, -0.2) is 8.42 Å². The van der Waals surface area contributed by atoms with E-state index >= 15 is 0 Å². The Hall–Kier alpha value is -2.54. The van der Waals surface area contributed by atoms with Gasteiger partial charge in [-0.1, -0.05) is 32.9 Å². The lowest BCUT2D eigenvalue weighted by molar-refractivity contribution is -0.122. The zero-order valence-electron chi connectivity index (χ0n) is 17.7. The maximum atomic E-state index is 12.8. The first-order chi connectivity index (χ1) is 13.3. The van der Waals surface area contributed by atoms with Gasteiger partial charge < -0.3 is 10.1 Å². The van der Waals surface area contributed by atoms with Crippen molar-refractivity contribution in [2.24, 2.45) is 0 Å². The molecule has 0 saturated carbocycles. The minimum absolute atomic E-state index is 0.0734. The molecular weight excluding hydrogens is 388 g/mol. The average Bonchev–Trinajstić information content (AvgIpc) is 2.57. The highest BCUT2D eigenvalue weighted by Gasteiger charge is 2.36. The van der Waals surface area contributed by atoms with Crippen LogP contribution in [0.3, 0.4) is 0 Å². The predicted octanol–water partition coefficient (Wildman–Crippen LogP) is 3.77. The number of anilines is 2. The molecule has 0 saturated heterocycles. The van der Waals surface area contributed by atoms with Crippen LogP contribution in [0.15, 0.2) is 36.4 Å². The molecule has 7 heteroatoms. The Bertz CT molecular complexity index is 1030. The number of aryl methyl sites for hydroxylation is 2. The molecule has 1 aliphatic heterocycles. The summed E-state index contributed by atoms with van der Waals surface area (Å²) in [6.07, 6.45) is 0.198. The second-order valence-corrected chi connectivity index (χ2v) is 10.6. The topological polar surface area (TPSA) is 75.7 Å². The smallest absolute Gasteiger partial charge is 0.267 e. The molecule has 1 N–H and O–H groups in total. The van der Waals surface area contributed by atoms with E-state index in [9.17, 15) is 13.2 Å². The molecule has 29 heavy (non-hydrogen) atoms. The molecule has 0 aliphatic carbocycles. The first-order valence-corrected chi connectivity index (χ1v) is 11.4. The van der Waals surface area contributed by atoms with Crippen LogP contribution in [0.2, 0.25) is 0 Å². The zero-order chi connectivity index (χ0) is 21.6. The second kappa shape index (κ2) is 7.37. The molecular formula is C22H28N2O4S. The molecule has 0 unspecified atom stereocenters. The van der Waals surface area contributed by atoms with Crippen molar-refractivity contribution in [2.75, 3.05) is 22.4 Å². The van der Waals surface area contributed by atoms with E-state index in [4.69, 9.17) is 4.74 Å². The molecule has 0 spiro atoms. The predicted molar refractivity (Wildman–Crippen MR) is 116 cm³/mol. The number of ether oxygens (including phenoxy) is 1. The van der Waals surface area contributed by atoms with Gasteiger partial charge in [0.15, 0.2) is 6.10 Å². The summed E-state index contributed by atoms with van der Waals surface area (Å²) in [5.74, 6) is 0.00412. The fourth-order valence-electron chi connectivity index (χ4n) is 3.44. The summed E-state index contributed by atoms with van der Waals surface area (Å²) in [5, 5.41) is 2.85. The number of carbonyl (C=O) groups excluding carboxylic acids is 1. The van der Waals surface area contributed by atoms with Crippen molar-refractivity contribution in [3.63, 3.8) is 0 Å². The van der Waals surface area contributed by atoms with Crippen LogP contribution in [0.25, 0.3) is 0 Å². The molecule has 0 fully saturated rings. The van der Waals surface area contributed by atoms with E-state index in [2.05, 4.69) is 26.1 Å². The zero-order valence-corrected chi connectivity index (χ0v) is 18.6. The number of hydrogen-bond donors (Lipinski definition) is 1. The SMILES string of the molecule is Cc1cc(C)cc(NC(=O)[C@H]2CN(S(C)(=O)=O)c3cc(C(C)(C)C)ccc3O2)c1. The second-order valence-electron chi connectivity index (χ2n) is 8.70. The number of hydrogen-bond acceptors (Lipinski definition) is 4. The van der Waals surface area contributed by atoms with Gasteiger partial charge in [0.05, 0.1) is 18.5 Å². The lowest BCUT2D eigenvalue weighted by Crippen LogP contribution is -2.48. The highest BCUT2D eigenvalue weighted by Crippen LogP contribution is 2.38. The standard InChI is InChI=1S/C22H28N2O4S/c1-14-9-15(2)11-17(10-14)23-21(25)20-13-24(29(6,26)27)18-12-16(22(3,4)5)7-8-19(18)28-20/h7-12,20H,13H2,1-6H3,(H,23,25)/t20-/m1/s1. The van der Waals surface area contributed by atoms with Crippen LogP contribution in [0.1, 0.15) is 37.5 Å². The quantitative estimate of drug-likeness (QED) is 0.826. The van der Waals surface area contributed by atoms with Gasteiger partial charge in [0, 0.05) is 5.69 Å². The number of nitrogens with zero attached hydrogens (tertiary/aromatic N) is 1. The van der Waals surface area contributed by atoms with Crippen molar-refractivity contribution in [3.8, 4) is 5.75 Å². The Balaban J connectivity index is 1.93. The summed E-state index contributed by atoms with van der Waals surface area (Å²) in [6.45, 7) is 10.0. The normalized spacial score (nSPS) is 16.8. The Labute approximate surface area is 172 Å². The fraction of sp³-hybridized carbons (Fsp3) is 0.409. The average molecular weight is 417 g/mol. The molecule has 2 aromatic rings. The molecule has 0 bridgehead atoms. The molecule has 1 atom stereocenters. The Morgan fingerprint density at radius 1 is 1.10 bits per heavy atom. The number of sulfonamides is 1. The molecule has 0 aromatic heterocycles. The molecule has 6 nitrogen and oxygen atoms in total. The van der Waals surface area contributed by atoms with E-state index in [1.54, 1.807) is 6.07 Å². The summed E-state index contributed by atoms with van der Waals surface area (Å²) < 4.78 is 32.1. The van der Waals surface area contributed by atoms with Crippen LogP contribution >= 0.6 is 0 Å². The lowest BCUT2D eigenvalue weighted by Gasteiger charge is -2.35. The van der Waals surface area contributed by atoms with Crippen molar-refractivity contribution >= 4 is 27.3 Å². The Morgan fingerprint density at radius 2 is 1.72 bits per heavy atom. The lowest BCUT2D eigenvalue weighted by atomic mass is 9.86. The third kappa shape index (κ3) is 4.72. The molecule has 1 amide bonds. The van der Waals surface area contributed by atoms with Gasteiger partial charge in [-0.15, -0.1) is 0 Å². The highest BCUT2D eigenvalue weighted by molar-refractivity contribution is 7.92. The maximum Gasteiger partial charge on any atom is 0.267 e. The molecule has 1 aliphatic rings. The number of rotatable bonds is 3. The summed E-state index contributed by atoms with van der Waals surface area (Å²) in [4.78, 5) is 12.8. The van der Waals surface area contributed by atoms with E-state index in [0.29, 0.717) is 17.1 Å².